The van der Waals surface area contributed by atoms with Crippen molar-refractivity contribution in [2.75, 3.05) is 6.54 Å². The number of nitrogens with zero attached hydrogens (tertiary/aromatic N) is 7. The zero-order chi connectivity index (χ0) is 30.1. The molecule has 222 valence electrons. The Bertz CT molecular complexity index is 1750. The molecule has 2 aromatic carbocycles. The third-order valence-electron chi connectivity index (χ3n) is 7.99. The van der Waals surface area contributed by atoms with E-state index in [9.17, 15) is 4.79 Å². The van der Waals surface area contributed by atoms with E-state index in [1.165, 1.54) is 22.3 Å². The first-order valence-electron chi connectivity index (χ1n) is 14.9. The molecule has 0 radical (unpaired) electrons. The second kappa shape index (κ2) is 11.6. The molecule has 0 aliphatic carbocycles. The number of ether oxygens (including phenoxy) is 1. The SMILES string of the molecule is Cc1cc(C(CCc2ccccc2)c2cnn(Cc3ccc4c(c3)CCN(C(=O)OC(C)(C)C)C4)c2)c2nnn(C)c2n1. The van der Waals surface area contributed by atoms with Crippen molar-refractivity contribution in [3.05, 3.63) is 106 Å². The highest BCUT2D eigenvalue weighted by Crippen LogP contribution is 2.33. The van der Waals surface area contributed by atoms with E-state index in [-0.39, 0.29) is 12.0 Å². The molecule has 4 heterocycles. The van der Waals surface area contributed by atoms with E-state index in [0.29, 0.717) is 19.6 Å². The van der Waals surface area contributed by atoms with Gasteiger partial charge in [0.15, 0.2) is 5.65 Å². The van der Waals surface area contributed by atoms with Gasteiger partial charge < -0.3 is 9.64 Å². The van der Waals surface area contributed by atoms with Crippen LogP contribution < -0.4 is 0 Å². The highest BCUT2D eigenvalue weighted by Gasteiger charge is 2.26. The first kappa shape index (κ1) is 28.6. The molecule has 1 atom stereocenters. The molecule has 0 spiro atoms. The molecule has 3 aromatic heterocycles. The molecule has 0 N–H and O–H groups in total. The number of carbonyl (C=O) groups is 1. The fourth-order valence-electron chi connectivity index (χ4n) is 5.90. The Morgan fingerprint density at radius 3 is 2.65 bits per heavy atom. The summed E-state index contributed by atoms with van der Waals surface area (Å²) in [5, 5.41) is 13.6. The number of hydrogen-bond acceptors (Lipinski definition) is 6. The second-order valence-electron chi connectivity index (χ2n) is 12.5. The van der Waals surface area contributed by atoms with Crippen LogP contribution in [0.25, 0.3) is 11.2 Å². The Labute approximate surface area is 252 Å². The van der Waals surface area contributed by atoms with E-state index >= 15 is 0 Å². The maximum atomic E-state index is 12.6. The van der Waals surface area contributed by atoms with Gasteiger partial charge in [0.25, 0.3) is 0 Å². The zero-order valence-electron chi connectivity index (χ0n) is 25.6. The molecule has 1 aliphatic heterocycles. The largest absolute Gasteiger partial charge is 0.444 e. The Balaban J connectivity index is 1.23. The van der Waals surface area contributed by atoms with Crippen LogP contribution in [0.5, 0.6) is 0 Å². The molecule has 9 nitrogen and oxygen atoms in total. The van der Waals surface area contributed by atoms with Gasteiger partial charge in [-0.3, -0.25) is 4.68 Å². The average Bonchev–Trinajstić information content (AvgIpc) is 3.59. The van der Waals surface area contributed by atoms with E-state index < -0.39 is 5.60 Å². The number of hydrogen-bond donors (Lipinski definition) is 0. The summed E-state index contributed by atoms with van der Waals surface area (Å²) in [6.45, 7) is 9.62. The van der Waals surface area contributed by atoms with Gasteiger partial charge in [-0.05, 0) is 86.4 Å². The van der Waals surface area contributed by atoms with Gasteiger partial charge in [0.2, 0.25) is 0 Å². The van der Waals surface area contributed by atoms with Crippen molar-refractivity contribution >= 4 is 17.3 Å². The lowest BCUT2D eigenvalue weighted by Crippen LogP contribution is -2.39. The summed E-state index contributed by atoms with van der Waals surface area (Å²) in [6, 6.07) is 19.3. The lowest BCUT2D eigenvalue weighted by Gasteiger charge is -2.31. The first-order valence-corrected chi connectivity index (χ1v) is 14.9. The molecule has 1 unspecified atom stereocenters. The molecular formula is C34H39N7O2. The molecule has 1 aliphatic rings. The Morgan fingerprint density at radius 2 is 1.86 bits per heavy atom. The van der Waals surface area contributed by atoms with Crippen LogP contribution >= 0.6 is 0 Å². The van der Waals surface area contributed by atoms with E-state index in [2.05, 4.69) is 71.1 Å². The van der Waals surface area contributed by atoms with Crippen LogP contribution in [-0.2, 0) is 37.7 Å². The van der Waals surface area contributed by atoms with E-state index in [4.69, 9.17) is 14.8 Å². The Morgan fingerprint density at radius 1 is 1.05 bits per heavy atom. The Kier molecular flexibility index (Phi) is 7.73. The van der Waals surface area contributed by atoms with Crippen LogP contribution in [0, 0.1) is 6.92 Å². The highest BCUT2D eigenvalue weighted by molar-refractivity contribution is 5.75. The fraction of sp³-hybridized carbons (Fsp3) is 0.382. The van der Waals surface area contributed by atoms with Crippen LogP contribution in [0.2, 0.25) is 0 Å². The van der Waals surface area contributed by atoms with Gasteiger partial charge in [-0.15, -0.1) is 5.10 Å². The van der Waals surface area contributed by atoms with Crippen LogP contribution in [0.4, 0.5) is 4.79 Å². The summed E-state index contributed by atoms with van der Waals surface area (Å²) in [4.78, 5) is 19.1. The van der Waals surface area contributed by atoms with Gasteiger partial charge in [-0.25, -0.2) is 14.5 Å². The van der Waals surface area contributed by atoms with E-state index in [0.717, 1.165) is 47.2 Å². The minimum absolute atomic E-state index is 0.0947. The number of rotatable bonds is 7. The van der Waals surface area contributed by atoms with Crippen LogP contribution in [-0.4, -0.2) is 52.9 Å². The number of benzene rings is 2. The number of aryl methyl sites for hydroxylation is 3. The molecule has 0 saturated heterocycles. The van der Waals surface area contributed by atoms with Crippen LogP contribution in [0.1, 0.15) is 72.2 Å². The quantitative estimate of drug-likeness (QED) is 0.237. The summed E-state index contributed by atoms with van der Waals surface area (Å²) in [7, 11) is 1.89. The van der Waals surface area contributed by atoms with E-state index in [1.807, 2.05) is 45.6 Å². The summed E-state index contributed by atoms with van der Waals surface area (Å²) in [5.74, 6) is 0.0947. The van der Waals surface area contributed by atoms with Crippen molar-refractivity contribution < 1.29 is 9.53 Å². The lowest BCUT2D eigenvalue weighted by molar-refractivity contribution is 0.0224. The Hall–Kier alpha value is -4.53. The lowest BCUT2D eigenvalue weighted by atomic mass is 9.87. The van der Waals surface area contributed by atoms with Crippen molar-refractivity contribution in [3.63, 3.8) is 0 Å². The van der Waals surface area contributed by atoms with Crippen molar-refractivity contribution in [1.29, 1.82) is 0 Å². The monoisotopic (exact) mass is 577 g/mol. The first-order chi connectivity index (χ1) is 20.6. The summed E-state index contributed by atoms with van der Waals surface area (Å²) < 4.78 is 9.35. The topological polar surface area (TPSA) is 91.0 Å². The van der Waals surface area contributed by atoms with Gasteiger partial charge in [-0.1, -0.05) is 53.7 Å². The molecule has 0 bridgehead atoms. The molecule has 43 heavy (non-hydrogen) atoms. The number of aromatic nitrogens is 6. The molecule has 6 rings (SSSR count). The number of carbonyl (C=O) groups excluding carboxylic acids is 1. The minimum atomic E-state index is -0.499. The van der Waals surface area contributed by atoms with Crippen molar-refractivity contribution in [2.24, 2.45) is 7.05 Å². The van der Waals surface area contributed by atoms with Gasteiger partial charge in [0.05, 0.1) is 12.7 Å². The van der Waals surface area contributed by atoms with Crippen LogP contribution in [0.15, 0.2) is 67.0 Å². The maximum absolute atomic E-state index is 12.6. The molecular weight excluding hydrogens is 538 g/mol. The molecule has 1 amide bonds. The van der Waals surface area contributed by atoms with Gasteiger partial charge in [0, 0.05) is 37.9 Å². The van der Waals surface area contributed by atoms with Gasteiger partial charge >= 0.3 is 6.09 Å². The number of amides is 1. The van der Waals surface area contributed by atoms with Gasteiger partial charge in [0.1, 0.15) is 11.1 Å². The highest BCUT2D eigenvalue weighted by atomic mass is 16.6. The predicted octanol–water partition coefficient (Wildman–Crippen LogP) is 5.97. The molecule has 0 saturated carbocycles. The van der Waals surface area contributed by atoms with Crippen molar-refractivity contribution in [3.8, 4) is 0 Å². The molecule has 5 aromatic rings. The number of pyridine rings is 1. The second-order valence-corrected chi connectivity index (χ2v) is 12.5. The minimum Gasteiger partial charge on any atom is -0.444 e. The standard InChI is InChI=1S/C34H39N7O2/c1-23-17-30(31-32(36-23)39(5)38-37-31)29(14-12-24-9-7-6-8-10-24)28-19-35-41(22-28)20-25-11-13-27-21-40(16-15-26(27)18-25)33(42)43-34(2,3)4/h6-11,13,17-19,22,29H,12,14-16,20-21H2,1-5H3. The maximum Gasteiger partial charge on any atom is 0.410 e. The summed E-state index contributed by atoms with van der Waals surface area (Å²) >= 11 is 0. The summed E-state index contributed by atoms with van der Waals surface area (Å²) in [6.07, 6.45) is 6.56. The van der Waals surface area contributed by atoms with Crippen molar-refractivity contribution in [1.82, 2.24) is 34.7 Å². The third-order valence-corrected chi connectivity index (χ3v) is 7.99. The normalized spacial score (nSPS) is 14.1. The smallest absolute Gasteiger partial charge is 0.410 e. The number of fused-ring (bicyclic) bond motifs is 2. The molecule has 0 fully saturated rings. The van der Waals surface area contributed by atoms with Crippen LogP contribution in [0.3, 0.4) is 0 Å². The zero-order valence-corrected chi connectivity index (χ0v) is 25.6. The van der Waals surface area contributed by atoms with Crippen molar-refractivity contribution in [2.45, 2.75) is 71.6 Å². The van der Waals surface area contributed by atoms with Gasteiger partial charge in [-0.2, -0.15) is 5.10 Å². The third kappa shape index (κ3) is 6.45. The predicted molar refractivity (Wildman–Crippen MR) is 166 cm³/mol. The average molecular weight is 578 g/mol. The molecule has 9 heteroatoms. The fourth-order valence-corrected chi connectivity index (χ4v) is 5.90. The summed E-state index contributed by atoms with van der Waals surface area (Å²) in [5.41, 5.74) is 9.32. The van der Waals surface area contributed by atoms with E-state index in [1.54, 1.807) is 9.58 Å².